The highest BCUT2D eigenvalue weighted by atomic mass is 32.1. The van der Waals surface area contributed by atoms with Gasteiger partial charge in [-0.05, 0) is 92.0 Å². The first-order chi connectivity index (χ1) is 21.8. The van der Waals surface area contributed by atoms with E-state index in [9.17, 15) is 0 Å². The highest BCUT2D eigenvalue weighted by Gasteiger charge is 2.18. The molecule has 0 N–H and O–H groups in total. The number of fused-ring (bicyclic) bond motifs is 8. The van der Waals surface area contributed by atoms with Crippen LogP contribution in [0.5, 0.6) is 0 Å². The van der Waals surface area contributed by atoms with Crippen molar-refractivity contribution in [1.29, 1.82) is 0 Å². The lowest BCUT2D eigenvalue weighted by atomic mass is 9.94. The first kappa shape index (κ1) is 25.1. The van der Waals surface area contributed by atoms with Gasteiger partial charge in [0.2, 0.25) is 0 Å². The standard InChI is InChI=1S/C42H27NS/c1-2-10-33(11-3-1)43(38-14-8-16-40-42(38)36-13-6-7-15-39(36)44-40)34-25-23-28(24-26-34)32-22-19-30-18-21-31-20-17-29-9-4-5-12-35(29)41(31)37(30)27-32/h1-27H. The maximum Gasteiger partial charge on any atom is 0.0554 e. The summed E-state index contributed by atoms with van der Waals surface area (Å²) >= 11 is 1.86. The summed E-state index contributed by atoms with van der Waals surface area (Å²) in [5, 5.41) is 10.3. The van der Waals surface area contributed by atoms with Crippen LogP contribution in [0, 0.1) is 0 Å². The van der Waals surface area contributed by atoms with Gasteiger partial charge in [-0.3, -0.25) is 0 Å². The Bertz CT molecular complexity index is 2480. The molecule has 8 aromatic carbocycles. The first-order valence-corrected chi connectivity index (χ1v) is 15.8. The minimum absolute atomic E-state index is 1.14. The van der Waals surface area contributed by atoms with Crippen LogP contribution in [0.4, 0.5) is 17.1 Å². The summed E-state index contributed by atoms with van der Waals surface area (Å²) in [6.45, 7) is 0. The molecule has 2 heteroatoms. The molecule has 0 fully saturated rings. The quantitative estimate of drug-likeness (QED) is 0.188. The summed E-state index contributed by atoms with van der Waals surface area (Å²) in [4.78, 5) is 2.39. The van der Waals surface area contributed by atoms with Gasteiger partial charge in [0.25, 0.3) is 0 Å². The number of rotatable bonds is 4. The Hall–Kier alpha value is -5.44. The van der Waals surface area contributed by atoms with Crippen molar-refractivity contribution in [2.75, 3.05) is 4.90 Å². The molecular weight excluding hydrogens is 551 g/mol. The van der Waals surface area contributed by atoms with Gasteiger partial charge in [-0.1, -0.05) is 115 Å². The van der Waals surface area contributed by atoms with Crippen LogP contribution in [-0.2, 0) is 0 Å². The maximum absolute atomic E-state index is 2.39. The first-order valence-electron chi connectivity index (χ1n) is 15.0. The van der Waals surface area contributed by atoms with Gasteiger partial charge in [0.05, 0.1) is 5.69 Å². The Morgan fingerprint density at radius 3 is 1.82 bits per heavy atom. The third kappa shape index (κ3) is 4.00. The van der Waals surface area contributed by atoms with Gasteiger partial charge >= 0.3 is 0 Å². The van der Waals surface area contributed by atoms with Crippen molar-refractivity contribution in [1.82, 2.24) is 0 Å². The second kappa shape index (κ2) is 10.1. The van der Waals surface area contributed by atoms with Gasteiger partial charge in [0.15, 0.2) is 0 Å². The van der Waals surface area contributed by atoms with Crippen molar-refractivity contribution < 1.29 is 0 Å². The second-order valence-corrected chi connectivity index (χ2v) is 12.4. The van der Waals surface area contributed by atoms with E-state index in [-0.39, 0.29) is 0 Å². The Labute approximate surface area is 259 Å². The molecule has 0 bridgehead atoms. The topological polar surface area (TPSA) is 3.24 Å². The van der Waals surface area contributed by atoms with Crippen molar-refractivity contribution in [2.45, 2.75) is 0 Å². The van der Waals surface area contributed by atoms with Gasteiger partial charge in [0, 0.05) is 31.5 Å². The molecule has 0 aliphatic rings. The average Bonchev–Trinajstić information content (AvgIpc) is 3.48. The van der Waals surface area contributed by atoms with Crippen molar-refractivity contribution in [3.63, 3.8) is 0 Å². The van der Waals surface area contributed by atoms with Crippen molar-refractivity contribution >= 4 is 80.9 Å². The van der Waals surface area contributed by atoms with Crippen LogP contribution in [-0.4, -0.2) is 0 Å². The van der Waals surface area contributed by atoms with Gasteiger partial charge < -0.3 is 4.90 Å². The minimum Gasteiger partial charge on any atom is -0.310 e. The molecule has 0 spiro atoms. The Balaban J connectivity index is 1.20. The molecule has 1 nitrogen and oxygen atoms in total. The van der Waals surface area contributed by atoms with Crippen molar-refractivity contribution in [3.8, 4) is 11.1 Å². The molecule has 1 aromatic heterocycles. The third-order valence-corrected chi connectivity index (χ3v) is 9.96. The summed E-state index contributed by atoms with van der Waals surface area (Å²) in [7, 11) is 0. The van der Waals surface area contributed by atoms with Gasteiger partial charge in [0.1, 0.15) is 0 Å². The summed E-state index contributed by atoms with van der Waals surface area (Å²) in [5.41, 5.74) is 5.91. The number of thiophene rings is 1. The summed E-state index contributed by atoms with van der Waals surface area (Å²) in [6, 6.07) is 59.7. The van der Waals surface area contributed by atoms with E-state index >= 15 is 0 Å². The summed E-state index contributed by atoms with van der Waals surface area (Å²) < 4.78 is 2.62. The van der Waals surface area contributed by atoms with E-state index in [2.05, 4.69) is 169 Å². The molecule has 206 valence electrons. The molecule has 0 aliphatic carbocycles. The second-order valence-electron chi connectivity index (χ2n) is 11.4. The molecule has 0 radical (unpaired) electrons. The number of anilines is 3. The highest BCUT2D eigenvalue weighted by molar-refractivity contribution is 7.26. The minimum atomic E-state index is 1.14. The van der Waals surface area contributed by atoms with Gasteiger partial charge in [-0.15, -0.1) is 11.3 Å². The molecule has 0 atom stereocenters. The molecule has 0 amide bonds. The van der Waals surface area contributed by atoms with Crippen LogP contribution in [0.15, 0.2) is 164 Å². The molecule has 1 heterocycles. The normalized spacial score (nSPS) is 11.6. The van der Waals surface area contributed by atoms with Crippen molar-refractivity contribution in [2.24, 2.45) is 0 Å². The van der Waals surface area contributed by atoms with Crippen LogP contribution in [0.25, 0.3) is 63.6 Å². The fourth-order valence-corrected chi connectivity index (χ4v) is 7.88. The van der Waals surface area contributed by atoms with E-state index in [1.165, 1.54) is 69.3 Å². The summed E-state index contributed by atoms with van der Waals surface area (Å²) in [6.07, 6.45) is 0. The average molecular weight is 578 g/mol. The zero-order valence-corrected chi connectivity index (χ0v) is 24.8. The monoisotopic (exact) mass is 577 g/mol. The van der Waals surface area contributed by atoms with E-state index in [1.807, 2.05) is 11.3 Å². The number of benzene rings is 8. The van der Waals surface area contributed by atoms with E-state index < -0.39 is 0 Å². The van der Waals surface area contributed by atoms with E-state index in [0.29, 0.717) is 0 Å². The highest BCUT2D eigenvalue weighted by Crippen LogP contribution is 2.45. The lowest BCUT2D eigenvalue weighted by Crippen LogP contribution is -2.10. The fraction of sp³-hybridized carbons (Fsp3) is 0. The van der Waals surface area contributed by atoms with Gasteiger partial charge in [-0.2, -0.15) is 0 Å². The van der Waals surface area contributed by atoms with Crippen LogP contribution < -0.4 is 4.90 Å². The van der Waals surface area contributed by atoms with Crippen LogP contribution in [0.1, 0.15) is 0 Å². The predicted molar refractivity (Wildman–Crippen MR) is 192 cm³/mol. The Kier molecular flexibility index (Phi) is 5.75. The smallest absolute Gasteiger partial charge is 0.0554 e. The fourth-order valence-electron chi connectivity index (χ4n) is 6.75. The van der Waals surface area contributed by atoms with E-state index in [0.717, 1.165) is 11.4 Å². The molecule has 0 aliphatic heterocycles. The van der Waals surface area contributed by atoms with E-state index in [4.69, 9.17) is 0 Å². The maximum atomic E-state index is 2.39. The molecule has 0 saturated carbocycles. The van der Waals surface area contributed by atoms with Crippen LogP contribution in [0.3, 0.4) is 0 Å². The molecule has 44 heavy (non-hydrogen) atoms. The molecule has 9 rings (SSSR count). The van der Waals surface area contributed by atoms with Crippen molar-refractivity contribution in [3.05, 3.63) is 164 Å². The van der Waals surface area contributed by atoms with Gasteiger partial charge in [-0.25, -0.2) is 0 Å². The SMILES string of the molecule is c1ccc(N(c2ccc(-c3ccc4ccc5ccc6ccccc6c5c4c3)cc2)c2cccc3sc4ccccc4c23)cc1. The number of nitrogens with zero attached hydrogens (tertiary/aromatic N) is 1. The van der Waals surface area contributed by atoms with Crippen LogP contribution >= 0.6 is 11.3 Å². The molecule has 9 aromatic rings. The lowest BCUT2D eigenvalue weighted by Gasteiger charge is -2.26. The number of hydrogen-bond donors (Lipinski definition) is 0. The molecule has 0 saturated heterocycles. The molecular formula is C42H27NS. The zero-order chi connectivity index (χ0) is 29.0. The Morgan fingerprint density at radius 2 is 0.977 bits per heavy atom. The number of para-hydroxylation sites is 1. The van der Waals surface area contributed by atoms with Crippen LogP contribution in [0.2, 0.25) is 0 Å². The third-order valence-electron chi connectivity index (χ3n) is 8.82. The van der Waals surface area contributed by atoms with E-state index in [1.54, 1.807) is 0 Å². The predicted octanol–water partition coefficient (Wildman–Crippen LogP) is 12.7. The zero-order valence-electron chi connectivity index (χ0n) is 23.9. The summed E-state index contributed by atoms with van der Waals surface area (Å²) in [5.74, 6) is 0. The Morgan fingerprint density at radius 1 is 0.364 bits per heavy atom. The number of hydrogen-bond acceptors (Lipinski definition) is 2. The lowest BCUT2D eigenvalue weighted by molar-refractivity contribution is 1.30. The largest absolute Gasteiger partial charge is 0.310 e. The molecule has 0 unspecified atom stereocenters.